The number of ether oxygens (including phenoxy) is 3. The molecule has 11 nitrogen and oxygen atoms in total. The van der Waals surface area contributed by atoms with Crippen LogP contribution in [0.4, 0.5) is 0 Å². The summed E-state index contributed by atoms with van der Waals surface area (Å²) in [6.45, 7) is 14.4. The van der Waals surface area contributed by atoms with Crippen LogP contribution < -0.4 is 0 Å². The summed E-state index contributed by atoms with van der Waals surface area (Å²) in [5.74, 6) is -0.155. The molecule has 0 aliphatic carbocycles. The Kier molecular flexibility index (Phi) is 13.5. The Bertz CT molecular complexity index is 940. The molecule has 2 heterocycles. The van der Waals surface area contributed by atoms with Gasteiger partial charge in [0.05, 0.1) is 36.4 Å². The second-order valence-electron chi connectivity index (χ2n) is 13.8. The standard InChI is InChI=1S/C32H58N2O9/c1-12-14-33(10)23-15-19(4)41-30(26(23)36)43-28-20(5)25(35)21(6)29(38)42-24(13-2)32(9,40)27(37)22(7)34(11)17-18(3)16-31(28,8)39/h1,18-28,30,35-37,39-40H,13-17H2,2-11H3/t18-,19-,20+,21-,22-,23+,24-,25+,26-,27-,28-,30+,31-,32-/m1/s1. The fourth-order valence-corrected chi connectivity index (χ4v) is 6.92. The molecule has 2 fully saturated rings. The summed E-state index contributed by atoms with van der Waals surface area (Å²) in [7, 11) is 3.64. The van der Waals surface area contributed by atoms with E-state index in [2.05, 4.69) is 5.92 Å². The number of hydrogen-bond donors (Lipinski definition) is 5. The zero-order valence-corrected chi connectivity index (χ0v) is 27.8. The van der Waals surface area contributed by atoms with Crippen LogP contribution in [0.2, 0.25) is 0 Å². The van der Waals surface area contributed by atoms with E-state index in [4.69, 9.17) is 20.6 Å². The Labute approximate surface area is 258 Å². The van der Waals surface area contributed by atoms with Crippen molar-refractivity contribution >= 4 is 5.97 Å². The lowest BCUT2D eigenvalue weighted by atomic mass is 9.78. The average molecular weight is 615 g/mol. The van der Waals surface area contributed by atoms with E-state index in [-0.39, 0.29) is 30.9 Å². The molecule has 0 unspecified atom stereocenters. The molecule has 250 valence electrons. The van der Waals surface area contributed by atoms with Gasteiger partial charge in [-0.15, -0.1) is 6.42 Å². The third kappa shape index (κ3) is 8.90. The molecule has 11 heteroatoms. The van der Waals surface area contributed by atoms with Crippen molar-refractivity contribution in [3.05, 3.63) is 0 Å². The minimum absolute atomic E-state index is 0.122. The fourth-order valence-electron chi connectivity index (χ4n) is 6.92. The number of hydrogen-bond acceptors (Lipinski definition) is 11. The average Bonchev–Trinajstić information content (AvgIpc) is 2.92. The lowest BCUT2D eigenvalue weighted by Crippen LogP contribution is -2.59. The molecule has 0 amide bonds. The van der Waals surface area contributed by atoms with Gasteiger partial charge in [0.15, 0.2) is 6.29 Å². The number of carbonyl (C=O) groups is 1. The summed E-state index contributed by atoms with van der Waals surface area (Å²) in [6, 6.07) is -0.871. The first kappa shape index (κ1) is 37.9. The minimum Gasteiger partial charge on any atom is -0.459 e. The molecule has 5 N–H and O–H groups in total. The Morgan fingerprint density at radius 3 is 2.28 bits per heavy atom. The largest absolute Gasteiger partial charge is 0.459 e. The van der Waals surface area contributed by atoms with Crippen LogP contribution >= 0.6 is 0 Å². The molecular formula is C32H58N2O9. The van der Waals surface area contributed by atoms with Gasteiger partial charge in [0.1, 0.15) is 23.9 Å². The zero-order chi connectivity index (χ0) is 33.0. The van der Waals surface area contributed by atoms with Gasteiger partial charge in [-0.3, -0.25) is 9.69 Å². The Morgan fingerprint density at radius 2 is 1.72 bits per heavy atom. The summed E-state index contributed by atoms with van der Waals surface area (Å²) in [6.07, 6.45) is -0.656. The minimum atomic E-state index is -1.76. The van der Waals surface area contributed by atoms with Crippen LogP contribution in [0.3, 0.4) is 0 Å². The van der Waals surface area contributed by atoms with Gasteiger partial charge in [-0.2, -0.15) is 0 Å². The number of terminal acetylenes is 1. The van der Waals surface area contributed by atoms with Gasteiger partial charge < -0.3 is 44.6 Å². The van der Waals surface area contributed by atoms with Crippen molar-refractivity contribution in [1.29, 1.82) is 0 Å². The number of nitrogens with zero attached hydrogens (tertiary/aromatic N) is 2. The van der Waals surface area contributed by atoms with E-state index in [1.807, 2.05) is 37.7 Å². The molecular weight excluding hydrogens is 556 g/mol. The summed E-state index contributed by atoms with van der Waals surface area (Å²) < 4.78 is 18.2. The Balaban J connectivity index is 2.52. The molecule has 2 aliphatic rings. The number of cyclic esters (lactones) is 1. The fraction of sp³-hybridized carbons (Fsp3) is 0.906. The summed E-state index contributed by atoms with van der Waals surface area (Å²) in [5.41, 5.74) is -3.29. The number of aliphatic hydroxyl groups excluding tert-OH is 3. The number of aliphatic hydroxyl groups is 5. The summed E-state index contributed by atoms with van der Waals surface area (Å²) in [4.78, 5) is 17.1. The maximum absolute atomic E-state index is 13.3. The lowest BCUT2D eigenvalue weighted by molar-refractivity contribution is -0.299. The lowest BCUT2D eigenvalue weighted by Gasteiger charge is -2.47. The molecule has 0 bridgehead atoms. The van der Waals surface area contributed by atoms with Crippen LogP contribution in [0.1, 0.15) is 74.7 Å². The van der Waals surface area contributed by atoms with Gasteiger partial charge in [-0.1, -0.05) is 26.7 Å². The van der Waals surface area contributed by atoms with E-state index in [1.165, 1.54) is 13.8 Å². The second kappa shape index (κ2) is 15.3. The van der Waals surface area contributed by atoms with Gasteiger partial charge in [-0.25, -0.2) is 0 Å². The number of rotatable bonds is 5. The van der Waals surface area contributed by atoms with Crippen LogP contribution in [0, 0.1) is 30.1 Å². The maximum atomic E-state index is 13.3. The number of likely N-dealkylation sites (N-methyl/N-ethyl adjacent to an activating group) is 2. The van der Waals surface area contributed by atoms with Crippen molar-refractivity contribution in [2.24, 2.45) is 17.8 Å². The highest BCUT2D eigenvalue weighted by Gasteiger charge is 2.50. The van der Waals surface area contributed by atoms with Crippen molar-refractivity contribution in [2.45, 2.75) is 141 Å². The first-order valence-corrected chi connectivity index (χ1v) is 15.6. The highest BCUT2D eigenvalue weighted by molar-refractivity contribution is 5.73. The highest BCUT2D eigenvalue weighted by atomic mass is 16.7. The first-order valence-electron chi connectivity index (χ1n) is 15.6. The van der Waals surface area contributed by atoms with Crippen LogP contribution in [-0.4, -0.2) is 135 Å². The smallest absolute Gasteiger partial charge is 0.311 e. The molecule has 14 atom stereocenters. The van der Waals surface area contributed by atoms with E-state index < -0.39 is 71.9 Å². The Morgan fingerprint density at radius 1 is 1.12 bits per heavy atom. The predicted octanol–water partition coefficient (Wildman–Crippen LogP) is 0.979. The molecule has 0 aromatic heterocycles. The zero-order valence-electron chi connectivity index (χ0n) is 27.8. The van der Waals surface area contributed by atoms with Crippen molar-refractivity contribution in [3.63, 3.8) is 0 Å². The molecule has 0 radical (unpaired) electrons. The van der Waals surface area contributed by atoms with Gasteiger partial charge in [0, 0.05) is 24.5 Å². The molecule has 2 saturated heterocycles. The molecule has 0 aromatic rings. The topological polar surface area (TPSA) is 152 Å². The van der Waals surface area contributed by atoms with E-state index in [0.717, 1.165) is 0 Å². The molecule has 0 spiro atoms. The molecule has 2 rings (SSSR count). The van der Waals surface area contributed by atoms with Crippen LogP contribution in [0.25, 0.3) is 0 Å². The SMILES string of the molecule is C#CCN(C)[C@H]1C[C@@H](C)O[C@@H](O[C@@H]2[C@@H](C)[C@H](O)[C@@H](C)C(=O)O[C@H](CC)[C@@](C)(O)[C@H](O)[C@@H](C)N(C)C[C@H](C)C[C@@]2(C)O)[C@@H]1O. The van der Waals surface area contributed by atoms with Gasteiger partial charge in [0.2, 0.25) is 0 Å². The second-order valence-corrected chi connectivity index (χ2v) is 13.8. The number of carbonyl (C=O) groups excluding carboxylic acids is 1. The van der Waals surface area contributed by atoms with E-state index in [0.29, 0.717) is 19.5 Å². The third-order valence-electron chi connectivity index (χ3n) is 9.71. The monoisotopic (exact) mass is 614 g/mol. The molecule has 2 aliphatic heterocycles. The van der Waals surface area contributed by atoms with Crippen LogP contribution in [0.5, 0.6) is 0 Å². The quantitative estimate of drug-likeness (QED) is 0.223. The van der Waals surface area contributed by atoms with Crippen molar-refractivity contribution < 1.29 is 44.5 Å². The van der Waals surface area contributed by atoms with E-state index in [1.54, 1.807) is 27.7 Å². The van der Waals surface area contributed by atoms with Gasteiger partial charge in [0.25, 0.3) is 0 Å². The third-order valence-corrected chi connectivity index (χ3v) is 9.71. The summed E-state index contributed by atoms with van der Waals surface area (Å²) in [5, 5.41) is 57.3. The molecule has 0 saturated carbocycles. The predicted molar refractivity (Wildman–Crippen MR) is 163 cm³/mol. The van der Waals surface area contributed by atoms with E-state index >= 15 is 0 Å². The Hall–Kier alpha value is -1.33. The molecule has 43 heavy (non-hydrogen) atoms. The molecule has 0 aromatic carbocycles. The van der Waals surface area contributed by atoms with Crippen molar-refractivity contribution in [2.75, 3.05) is 27.2 Å². The number of esters is 1. The van der Waals surface area contributed by atoms with Gasteiger partial charge in [-0.05, 0) is 73.9 Å². The van der Waals surface area contributed by atoms with Crippen molar-refractivity contribution in [3.8, 4) is 12.3 Å². The first-order chi connectivity index (χ1) is 19.8. The van der Waals surface area contributed by atoms with Crippen molar-refractivity contribution in [1.82, 2.24) is 9.80 Å². The van der Waals surface area contributed by atoms with Gasteiger partial charge >= 0.3 is 5.97 Å². The van der Waals surface area contributed by atoms with Crippen LogP contribution in [-0.2, 0) is 19.0 Å². The normalized spacial score (nSPS) is 46.4. The van der Waals surface area contributed by atoms with Crippen LogP contribution in [0.15, 0.2) is 0 Å². The maximum Gasteiger partial charge on any atom is 0.311 e. The highest BCUT2D eigenvalue weighted by Crippen LogP contribution is 2.36. The summed E-state index contributed by atoms with van der Waals surface area (Å²) >= 11 is 0. The van der Waals surface area contributed by atoms with E-state index in [9.17, 15) is 30.3 Å².